The predicted molar refractivity (Wildman–Crippen MR) is 89.2 cm³/mol. The van der Waals surface area contributed by atoms with Crippen molar-refractivity contribution in [3.05, 3.63) is 24.3 Å². The molecule has 0 saturated heterocycles. The number of anilines is 1. The summed E-state index contributed by atoms with van der Waals surface area (Å²) in [6, 6.07) is 7.24. The molecule has 1 aromatic rings. The van der Waals surface area contributed by atoms with Crippen molar-refractivity contribution in [2.24, 2.45) is 0 Å². The van der Waals surface area contributed by atoms with E-state index in [4.69, 9.17) is 4.74 Å². The van der Waals surface area contributed by atoms with Crippen LogP contribution < -0.4 is 10.1 Å². The number of hydrogen-bond donors (Lipinski definition) is 1. The second kappa shape index (κ2) is 10.8. The molecule has 0 spiro atoms. The molecule has 1 aromatic carbocycles. The summed E-state index contributed by atoms with van der Waals surface area (Å²) in [7, 11) is 0. The minimum atomic E-state index is -0.284. The van der Waals surface area contributed by atoms with Crippen molar-refractivity contribution < 1.29 is 14.3 Å². The fourth-order valence-electron chi connectivity index (χ4n) is 2.14. The van der Waals surface area contributed by atoms with Crippen LogP contribution in [0, 0.1) is 0 Å². The fraction of sp³-hybridized carbons (Fsp3) is 0.556. The van der Waals surface area contributed by atoms with Gasteiger partial charge in [0.05, 0.1) is 13.0 Å². The van der Waals surface area contributed by atoms with E-state index in [0.717, 1.165) is 18.8 Å². The van der Waals surface area contributed by atoms with Crippen LogP contribution in [0.4, 0.5) is 5.69 Å². The Kier molecular flexibility index (Phi) is 8.96. The van der Waals surface area contributed by atoms with Gasteiger partial charge in [0.15, 0.2) is 0 Å². The molecule has 0 heterocycles. The number of benzene rings is 1. The van der Waals surface area contributed by atoms with Crippen LogP contribution in [0.25, 0.3) is 0 Å². The number of Topliss-reactive ketones (excluding diaryl/α,β-unsaturated/α-hetero) is 1. The first-order valence-corrected chi connectivity index (χ1v) is 8.14. The van der Waals surface area contributed by atoms with Gasteiger partial charge in [-0.2, -0.15) is 0 Å². The average molecular weight is 305 g/mol. The molecule has 0 radical (unpaired) electrons. The number of carbonyl (C=O) groups is 2. The zero-order valence-corrected chi connectivity index (χ0v) is 13.7. The third-order valence-corrected chi connectivity index (χ3v) is 3.31. The van der Waals surface area contributed by atoms with Gasteiger partial charge in [-0.1, -0.05) is 39.0 Å². The van der Waals surface area contributed by atoms with Crippen molar-refractivity contribution in [1.29, 1.82) is 0 Å². The Balaban J connectivity index is 2.21. The van der Waals surface area contributed by atoms with E-state index in [2.05, 4.69) is 12.2 Å². The van der Waals surface area contributed by atoms with Crippen LogP contribution in [0.3, 0.4) is 0 Å². The molecule has 0 saturated carbocycles. The van der Waals surface area contributed by atoms with Gasteiger partial charge in [-0.3, -0.25) is 9.59 Å². The summed E-state index contributed by atoms with van der Waals surface area (Å²) < 4.78 is 5.67. The van der Waals surface area contributed by atoms with Crippen molar-refractivity contribution in [3.8, 4) is 5.75 Å². The Morgan fingerprint density at radius 1 is 1.00 bits per heavy atom. The quantitative estimate of drug-likeness (QED) is 0.488. The summed E-state index contributed by atoms with van der Waals surface area (Å²) in [6.07, 6.45) is 7.36. The van der Waals surface area contributed by atoms with E-state index < -0.39 is 0 Å². The van der Waals surface area contributed by atoms with E-state index in [1.54, 1.807) is 12.1 Å². The van der Waals surface area contributed by atoms with E-state index in [-0.39, 0.29) is 18.1 Å². The number of ether oxygens (including phenoxy) is 1. The lowest BCUT2D eigenvalue weighted by atomic mass is 10.1. The largest absolute Gasteiger partial charge is 0.494 e. The van der Waals surface area contributed by atoms with Gasteiger partial charge in [0.1, 0.15) is 11.5 Å². The summed E-state index contributed by atoms with van der Waals surface area (Å²) in [5.41, 5.74) is 0.679. The highest BCUT2D eigenvalue weighted by atomic mass is 16.5. The first-order chi connectivity index (χ1) is 10.6. The van der Waals surface area contributed by atoms with Crippen LogP contribution in [-0.2, 0) is 9.59 Å². The predicted octanol–water partition coefficient (Wildman–Crippen LogP) is 4.34. The highest BCUT2D eigenvalue weighted by Gasteiger charge is 2.05. The molecule has 0 atom stereocenters. The second-order valence-electron chi connectivity index (χ2n) is 5.57. The summed E-state index contributed by atoms with van der Waals surface area (Å²) in [5, 5.41) is 2.68. The van der Waals surface area contributed by atoms with E-state index in [1.165, 1.54) is 39.0 Å². The Morgan fingerprint density at radius 2 is 1.64 bits per heavy atom. The van der Waals surface area contributed by atoms with Gasteiger partial charge < -0.3 is 10.1 Å². The maximum atomic E-state index is 11.5. The molecule has 1 N–H and O–H groups in total. The Bertz CT molecular complexity index is 454. The minimum absolute atomic E-state index is 0.0870. The maximum absolute atomic E-state index is 11.5. The Hall–Kier alpha value is -1.84. The third kappa shape index (κ3) is 8.45. The smallest absolute Gasteiger partial charge is 0.231 e. The zero-order chi connectivity index (χ0) is 16.2. The highest BCUT2D eigenvalue weighted by Crippen LogP contribution is 2.16. The van der Waals surface area contributed by atoms with Gasteiger partial charge in [0.25, 0.3) is 0 Å². The molecular formula is C18H27NO3. The molecule has 0 fully saturated rings. The number of carbonyl (C=O) groups excluding carboxylic acids is 2. The van der Waals surface area contributed by atoms with Gasteiger partial charge in [-0.05, 0) is 37.6 Å². The number of ketones is 1. The van der Waals surface area contributed by atoms with Gasteiger partial charge in [-0.25, -0.2) is 0 Å². The zero-order valence-electron chi connectivity index (χ0n) is 13.7. The molecule has 0 bridgehead atoms. The van der Waals surface area contributed by atoms with E-state index in [1.807, 2.05) is 12.1 Å². The molecule has 0 aromatic heterocycles. The molecule has 122 valence electrons. The first kappa shape index (κ1) is 18.2. The lowest BCUT2D eigenvalue weighted by molar-refractivity contribution is -0.124. The lowest BCUT2D eigenvalue weighted by Crippen LogP contribution is -2.14. The van der Waals surface area contributed by atoms with Crippen LogP contribution in [0.2, 0.25) is 0 Å². The van der Waals surface area contributed by atoms with Crippen LogP contribution in [0.1, 0.15) is 58.8 Å². The summed E-state index contributed by atoms with van der Waals surface area (Å²) in [4.78, 5) is 22.3. The molecule has 4 nitrogen and oxygen atoms in total. The third-order valence-electron chi connectivity index (χ3n) is 3.31. The van der Waals surface area contributed by atoms with Crippen LogP contribution in [0.5, 0.6) is 5.75 Å². The standard InChI is InChI=1S/C18H27NO3/c1-3-4-5-6-7-8-13-22-17-11-9-16(10-12-17)19-18(21)14-15(2)20/h9-12H,3-8,13-14H2,1-2H3,(H,19,21). The Morgan fingerprint density at radius 3 is 2.27 bits per heavy atom. The molecular weight excluding hydrogens is 278 g/mol. The molecule has 1 amide bonds. The first-order valence-electron chi connectivity index (χ1n) is 8.14. The normalized spacial score (nSPS) is 10.3. The van der Waals surface area contributed by atoms with Crippen LogP contribution >= 0.6 is 0 Å². The number of unbranched alkanes of at least 4 members (excludes halogenated alkanes) is 5. The molecule has 0 aliphatic rings. The monoisotopic (exact) mass is 305 g/mol. The van der Waals surface area contributed by atoms with Crippen molar-refractivity contribution in [2.45, 2.75) is 58.8 Å². The lowest BCUT2D eigenvalue weighted by Gasteiger charge is -2.08. The number of amides is 1. The summed E-state index contributed by atoms with van der Waals surface area (Å²) in [5.74, 6) is 0.378. The molecule has 4 heteroatoms. The summed E-state index contributed by atoms with van der Waals surface area (Å²) in [6.45, 7) is 4.34. The van der Waals surface area contributed by atoms with Crippen molar-refractivity contribution >= 4 is 17.4 Å². The number of hydrogen-bond acceptors (Lipinski definition) is 3. The van der Waals surface area contributed by atoms with E-state index >= 15 is 0 Å². The summed E-state index contributed by atoms with van der Waals surface area (Å²) >= 11 is 0. The SMILES string of the molecule is CCCCCCCCOc1ccc(NC(=O)CC(C)=O)cc1. The average Bonchev–Trinajstić information content (AvgIpc) is 2.47. The van der Waals surface area contributed by atoms with Gasteiger partial charge in [-0.15, -0.1) is 0 Å². The fourth-order valence-corrected chi connectivity index (χ4v) is 2.14. The molecule has 0 aliphatic carbocycles. The van der Waals surface area contributed by atoms with Gasteiger partial charge in [0.2, 0.25) is 5.91 Å². The molecule has 0 aliphatic heterocycles. The molecule has 1 rings (SSSR count). The van der Waals surface area contributed by atoms with Crippen LogP contribution in [-0.4, -0.2) is 18.3 Å². The number of nitrogens with one attached hydrogen (secondary N) is 1. The van der Waals surface area contributed by atoms with Crippen LogP contribution in [0.15, 0.2) is 24.3 Å². The Labute approximate surface area is 133 Å². The van der Waals surface area contributed by atoms with Gasteiger partial charge >= 0.3 is 0 Å². The number of rotatable bonds is 11. The van der Waals surface area contributed by atoms with Crippen molar-refractivity contribution in [1.82, 2.24) is 0 Å². The van der Waals surface area contributed by atoms with Crippen molar-refractivity contribution in [2.75, 3.05) is 11.9 Å². The minimum Gasteiger partial charge on any atom is -0.494 e. The van der Waals surface area contributed by atoms with Gasteiger partial charge in [0, 0.05) is 5.69 Å². The second-order valence-corrected chi connectivity index (χ2v) is 5.57. The highest BCUT2D eigenvalue weighted by molar-refractivity contribution is 6.03. The maximum Gasteiger partial charge on any atom is 0.231 e. The van der Waals surface area contributed by atoms with E-state index in [9.17, 15) is 9.59 Å². The van der Waals surface area contributed by atoms with E-state index in [0.29, 0.717) is 5.69 Å². The topological polar surface area (TPSA) is 55.4 Å². The molecule has 22 heavy (non-hydrogen) atoms. The van der Waals surface area contributed by atoms with Crippen molar-refractivity contribution in [3.63, 3.8) is 0 Å². The molecule has 0 unspecified atom stereocenters.